The Labute approximate surface area is 222 Å². The molecule has 0 bridgehead atoms. The van der Waals surface area contributed by atoms with E-state index in [1.807, 2.05) is 6.07 Å². The largest absolute Gasteiger partial charge is 0.464 e. The van der Waals surface area contributed by atoms with Crippen molar-refractivity contribution in [3.63, 3.8) is 0 Å². The molecule has 0 atom stereocenters. The van der Waals surface area contributed by atoms with E-state index in [2.05, 4.69) is 5.10 Å². The molecule has 0 spiro atoms. The minimum absolute atomic E-state index is 0.143. The summed E-state index contributed by atoms with van der Waals surface area (Å²) in [6.07, 6.45) is -5.91. The zero-order chi connectivity index (χ0) is 29.6. The van der Waals surface area contributed by atoms with Crippen LogP contribution < -0.4 is 16.0 Å². The third-order valence-electron chi connectivity index (χ3n) is 5.85. The first-order valence-corrected chi connectivity index (χ1v) is 12.5. The van der Waals surface area contributed by atoms with Crippen molar-refractivity contribution in [3.8, 4) is 28.7 Å². The average molecular weight is 574 g/mol. The van der Waals surface area contributed by atoms with Gasteiger partial charge in [0.05, 0.1) is 40.3 Å². The molecule has 206 valence electrons. The summed E-state index contributed by atoms with van der Waals surface area (Å²) in [6.45, 7) is 1.22. The minimum atomic E-state index is -4.87. The second kappa shape index (κ2) is 9.85. The van der Waals surface area contributed by atoms with Gasteiger partial charge in [0.2, 0.25) is 0 Å². The number of nitrogens with one attached hydrogen (secondary N) is 1. The molecule has 0 fully saturated rings. The average Bonchev–Trinajstić information content (AvgIpc) is 3.32. The Balaban J connectivity index is 2.14. The zero-order valence-corrected chi connectivity index (χ0v) is 21.3. The second-order valence-corrected chi connectivity index (χ2v) is 9.98. The topological polar surface area (TPSA) is 169 Å². The Bertz CT molecular complexity index is 1930. The summed E-state index contributed by atoms with van der Waals surface area (Å²) in [5, 5.41) is 22.2. The van der Waals surface area contributed by atoms with Gasteiger partial charge >= 0.3 is 18.0 Å². The normalized spacial score (nSPS) is 11.7. The monoisotopic (exact) mass is 574 g/mol. The molecule has 2 aromatic carbocycles. The van der Waals surface area contributed by atoms with Crippen LogP contribution >= 0.6 is 0 Å². The molecular weight excluding hydrogens is 557 g/mol. The van der Waals surface area contributed by atoms with Gasteiger partial charge in [-0.3, -0.25) is 13.9 Å². The summed E-state index contributed by atoms with van der Waals surface area (Å²) in [4.78, 5) is 37.0. The van der Waals surface area contributed by atoms with Gasteiger partial charge in [0, 0.05) is 12.7 Å². The lowest BCUT2D eigenvalue weighted by Crippen LogP contribution is -2.40. The summed E-state index contributed by atoms with van der Waals surface area (Å²) in [5.41, 5.74) is -4.22. The van der Waals surface area contributed by atoms with Crippen LogP contribution in [-0.4, -0.2) is 38.5 Å². The highest BCUT2D eigenvalue weighted by Gasteiger charge is 2.33. The standard InChI is InChI=1S/C24H17F3N6O6S/c1-13-19(21(34)31(2)23(37)32(13)17-5-3-4-15(10-17)24(25,26)27)20-18(40(38,39)30-22(35)36)12-29-33(20)16-8-6-14(11-28)7-9-16/h3-10,12,30H,1-2H3,(H,35,36). The summed E-state index contributed by atoms with van der Waals surface area (Å²) in [7, 11) is -3.82. The van der Waals surface area contributed by atoms with Crippen LogP contribution in [0.2, 0.25) is 0 Å². The third-order valence-corrected chi connectivity index (χ3v) is 7.17. The van der Waals surface area contributed by atoms with Crippen LogP contribution in [0.1, 0.15) is 16.8 Å². The lowest BCUT2D eigenvalue weighted by atomic mass is 10.1. The van der Waals surface area contributed by atoms with Gasteiger partial charge in [-0.25, -0.2) is 27.4 Å². The summed E-state index contributed by atoms with van der Waals surface area (Å²) in [6, 6.07) is 11.1. The zero-order valence-electron chi connectivity index (χ0n) is 20.5. The van der Waals surface area contributed by atoms with E-state index in [1.54, 1.807) is 0 Å². The summed E-state index contributed by atoms with van der Waals surface area (Å²) >= 11 is 0. The first-order chi connectivity index (χ1) is 18.7. The Kier molecular flexibility index (Phi) is 6.86. The second-order valence-electron chi connectivity index (χ2n) is 8.33. The van der Waals surface area contributed by atoms with Crippen molar-refractivity contribution in [3.05, 3.63) is 92.4 Å². The lowest BCUT2D eigenvalue weighted by Gasteiger charge is -2.18. The quantitative estimate of drug-likeness (QED) is 0.366. The van der Waals surface area contributed by atoms with Crippen molar-refractivity contribution >= 4 is 16.1 Å². The number of carboxylic acid groups (broad SMARTS) is 1. The van der Waals surface area contributed by atoms with Crippen LogP contribution in [0.4, 0.5) is 18.0 Å². The molecular formula is C24H17F3N6O6S. The van der Waals surface area contributed by atoms with Gasteiger partial charge in [0.15, 0.2) is 0 Å². The number of sulfonamides is 1. The van der Waals surface area contributed by atoms with E-state index < -0.39 is 55.3 Å². The number of alkyl halides is 3. The van der Waals surface area contributed by atoms with E-state index in [1.165, 1.54) is 42.0 Å². The molecule has 0 aliphatic rings. The van der Waals surface area contributed by atoms with E-state index in [-0.39, 0.29) is 22.6 Å². The fraction of sp³-hybridized carbons (Fsp3) is 0.125. The molecule has 1 amide bonds. The van der Waals surface area contributed by atoms with Gasteiger partial charge in [-0.2, -0.15) is 23.5 Å². The molecule has 0 aliphatic carbocycles. The van der Waals surface area contributed by atoms with Gasteiger partial charge in [-0.1, -0.05) is 6.07 Å². The van der Waals surface area contributed by atoms with Crippen LogP contribution in [0.5, 0.6) is 0 Å². The Hall–Kier alpha value is -5.17. The number of hydrogen-bond donors (Lipinski definition) is 2. The predicted octanol–water partition coefficient (Wildman–Crippen LogP) is 2.54. The predicted molar refractivity (Wildman–Crippen MR) is 133 cm³/mol. The Morgan fingerprint density at radius 1 is 1.10 bits per heavy atom. The van der Waals surface area contributed by atoms with Crippen molar-refractivity contribution in [2.45, 2.75) is 18.0 Å². The molecule has 4 aromatic rings. The number of nitrogens with zero attached hydrogens (tertiary/aromatic N) is 5. The number of halogens is 3. The first-order valence-electron chi connectivity index (χ1n) is 11.0. The smallest absolute Gasteiger partial charge is 0.418 e. The van der Waals surface area contributed by atoms with Gasteiger partial charge in [0.1, 0.15) is 10.6 Å². The molecule has 12 nitrogen and oxygen atoms in total. The third kappa shape index (κ3) is 4.85. The van der Waals surface area contributed by atoms with Crippen LogP contribution in [-0.2, 0) is 23.2 Å². The Morgan fingerprint density at radius 2 is 1.75 bits per heavy atom. The minimum Gasteiger partial charge on any atom is -0.464 e. The number of carbonyl (C=O) groups is 1. The molecule has 0 unspecified atom stereocenters. The molecule has 2 heterocycles. The molecule has 0 saturated heterocycles. The molecule has 2 N–H and O–H groups in total. The van der Waals surface area contributed by atoms with Crippen molar-refractivity contribution in [2.24, 2.45) is 7.05 Å². The van der Waals surface area contributed by atoms with Gasteiger partial charge in [-0.15, -0.1) is 0 Å². The van der Waals surface area contributed by atoms with Crippen molar-refractivity contribution in [1.82, 2.24) is 23.6 Å². The SMILES string of the molecule is Cc1c(-c2c(S(=O)(=O)NC(=O)O)cnn2-c2ccc(C#N)cc2)c(=O)n(C)c(=O)n1-c1cccc(C(F)(F)F)c1. The van der Waals surface area contributed by atoms with Crippen LogP contribution in [0.15, 0.2) is 69.2 Å². The van der Waals surface area contributed by atoms with Crippen molar-refractivity contribution < 1.29 is 31.5 Å². The highest BCUT2D eigenvalue weighted by Crippen LogP contribution is 2.32. The molecule has 4 rings (SSSR count). The molecule has 40 heavy (non-hydrogen) atoms. The number of rotatable bonds is 5. The summed E-state index contributed by atoms with van der Waals surface area (Å²) < 4.78 is 69.9. The number of hydrogen-bond acceptors (Lipinski definition) is 7. The fourth-order valence-corrected chi connectivity index (χ4v) is 4.98. The fourth-order valence-electron chi connectivity index (χ4n) is 4.01. The van der Waals surface area contributed by atoms with E-state index in [0.717, 1.165) is 34.6 Å². The maximum atomic E-state index is 13.5. The highest BCUT2D eigenvalue weighted by atomic mass is 32.2. The first kappa shape index (κ1) is 27.9. The summed E-state index contributed by atoms with van der Waals surface area (Å²) in [5.74, 6) is 0. The number of amides is 1. The molecule has 2 aromatic heterocycles. The van der Waals surface area contributed by atoms with Crippen LogP contribution in [0, 0.1) is 18.3 Å². The van der Waals surface area contributed by atoms with Gasteiger partial charge in [0.25, 0.3) is 15.6 Å². The number of aromatic nitrogens is 4. The Morgan fingerprint density at radius 3 is 2.33 bits per heavy atom. The number of benzene rings is 2. The van der Waals surface area contributed by atoms with Gasteiger partial charge in [-0.05, 0) is 49.4 Å². The van der Waals surface area contributed by atoms with E-state index in [9.17, 15) is 36.0 Å². The molecule has 0 saturated carbocycles. The number of nitriles is 1. The molecule has 0 radical (unpaired) electrons. The van der Waals surface area contributed by atoms with E-state index in [4.69, 9.17) is 10.4 Å². The highest BCUT2D eigenvalue weighted by molar-refractivity contribution is 7.90. The van der Waals surface area contributed by atoms with Crippen molar-refractivity contribution in [1.29, 1.82) is 5.26 Å². The molecule has 16 heteroatoms. The van der Waals surface area contributed by atoms with E-state index in [0.29, 0.717) is 10.6 Å². The van der Waals surface area contributed by atoms with E-state index >= 15 is 0 Å². The maximum absolute atomic E-state index is 13.5. The lowest BCUT2D eigenvalue weighted by molar-refractivity contribution is -0.137. The van der Waals surface area contributed by atoms with Crippen LogP contribution in [0.25, 0.3) is 22.6 Å². The van der Waals surface area contributed by atoms with Crippen molar-refractivity contribution in [2.75, 3.05) is 0 Å². The van der Waals surface area contributed by atoms with Crippen LogP contribution in [0.3, 0.4) is 0 Å². The van der Waals surface area contributed by atoms with Gasteiger partial charge < -0.3 is 5.11 Å². The maximum Gasteiger partial charge on any atom is 0.418 e. The molecule has 0 aliphatic heterocycles.